The second-order valence-corrected chi connectivity index (χ2v) is 7.18. The molecule has 0 saturated heterocycles. The molecule has 0 aliphatic rings. The summed E-state index contributed by atoms with van der Waals surface area (Å²) in [5.41, 5.74) is -0.0773. The molecule has 0 aliphatic carbocycles. The van der Waals surface area contributed by atoms with Crippen LogP contribution in [0.5, 0.6) is 0 Å². The van der Waals surface area contributed by atoms with Gasteiger partial charge in [0.25, 0.3) is 5.91 Å². The van der Waals surface area contributed by atoms with Crippen molar-refractivity contribution in [2.45, 2.75) is 12.6 Å². The Kier molecular flexibility index (Phi) is 5.57. The standard InChI is InChI=1S/C17H12F3N3O2S2/c18-17(19,20)10-3-5-11(6-4-10)21-14(24)8-12-9-27-16(22-12)23-15(25)13-2-1-7-26-13/h1-7,9H,8H2,(H,21,24)(H,22,23,25). The lowest BCUT2D eigenvalue weighted by Gasteiger charge is -2.08. The van der Waals surface area contributed by atoms with Gasteiger partial charge in [0.1, 0.15) is 0 Å². The predicted octanol–water partition coefficient (Wildman–Crippen LogP) is 4.66. The molecule has 10 heteroatoms. The maximum absolute atomic E-state index is 12.5. The number of carbonyl (C=O) groups excluding carboxylic acids is 2. The Morgan fingerprint density at radius 3 is 2.41 bits per heavy atom. The van der Waals surface area contributed by atoms with Crippen molar-refractivity contribution in [1.29, 1.82) is 0 Å². The number of benzene rings is 1. The molecular formula is C17H12F3N3O2S2. The summed E-state index contributed by atoms with van der Waals surface area (Å²) >= 11 is 2.49. The Morgan fingerprint density at radius 2 is 1.78 bits per heavy atom. The molecule has 2 aromatic heterocycles. The van der Waals surface area contributed by atoms with E-state index in [0.717, 1.165) is 12.1 Å². The highest BCUT2D eigenvalue weighted by Gasteiger charge is 2.30. The van der Waals surface area contributed by atoms with Crippen LogP contribution in [-0.2, 0) is 17.4 Å². The molecule has 0 spiro atoms. The number of hydrogen-bond donors (Lipinski definition) is 2. The molecule has 0 fully saturated rings. The predicted molar refractivity (Wildman–Crippen MR) is 98.2 cm³/mol. The fraction of sp³-hybridized carbons (Fsp3) is 0.118. The highest BCUT2D eigenvalue weighted by Crippen LogP contribution is 2.29. The second kappa shape index (κ2) is 7.89. The van der Waals surface area contributed by atoms with Gasteiger partial charge in [0.2, 0.25) is 5.91 Å². The molecule has 3 rings (SSSR count). The molecule has 1 aromatic carbocycles. The van der Waals surface area contributed by atoms with Gasteiger partial charge in [-0.2, -0.15) is 13.2 Å². The van der Waals surface area contributed by atoms with Crippen molar-refractivity contribution in [3.8, 4) is 0 Å². The molecule has 0 aliphatic heterocycles. The first-order chi connectivity index (χ1) is 12.8. The molecule has 140 valence electrons. The van der Waals surface area contributed by atoms with Gasteiger partial charge in [-0.05, 0) is 35.7 Å². The molecule has 0 unspecified atom stereocenters. The van der Waals surface area contributed by atoms with Crippen LogP contribution in [0.25, 0.3) is 0 Å². The van der Waals surface area contributed by atoms with Gasteiger partial charge in [0.15, 0.2) is 5.13 Å². The monoisotopic (exact) mass is 411 g/mol. The van der Waals surface area contributed by atoms with E-state index in [1.165, 1.54) is 34.8 Å². The summed E-state index contributed by atoms with van der Waals surface area (Å²) in [6.45, 7) is 0. The number of hydrogen-bond acceptors (Lipinski definition) is 5. The summed E-state index contributed by atoms with van der Waals surface area (Å²) in [7, 11) is 0. The van der Waals surface area contributed by atoms with Crippen molar-refractivity contribution < 1.29 is 22.8 Å². The number of nitrogens with zero attached hydrogens (tertiary/aromatic N) is 1. The quantitative estimate of drug-likeness (QED) is 0.642. The maximum Gasteiger partial charge on any atom is 0.416 e. The van der Waals surface area contributed by atoms with E-state index in [1.807, 2.05) is 0 Å². The number of amides is 2. The third kappa shape index (κ3) is 5.14. The number of anilines is 2. The molecule has 5 nitrogen and oxygen atoms in total. The highest BCUT2D eigenvalue weighted by atomic mass is 32.1. The van der Waals surface area contributed by atoms with Crippen LogP contribution in [0.3, 0.4) is 0 Å². The topological polar surface area (TPSA) is 71.1 Å². The SMILES string of the molecule is O=C(Cc1csc(NC(=O)c2cccs2)n1)Nc1ccc(C(F)(F)F)cc1. The number of carbonyl (C=O) groups is 2. The molecule has 2 N–H and O–H groups in total. The average Bonchev–Trinajstić information content (AvgIpc) is 3.26. The minimum Gasteiger partial charge on any atom is -0.326 e. The van der Waals surface area contributed by atoms with E-state index in [2.05, 4.69) is 15.6 Å². The van der Waals surface area contributed by atoms with Gasteiger partial charge in [0.05, 0.1) is 22.6 Å². The summed E-state index contributed by atoms with van der Waals surface area (Å²) in [5, 5.41) is 8.95. The van der Waals surface area contributed by atoms with Gasteiger partial charge in [-0.1, -0.05) is 6.07 Å². The lowest BCUT2D eigenvalue weighted by molar-refractivity contribution is -0.137. The van der Waals surface area contributed by atoms with E-state index in [0.29, 0.717) is 15.7 Å². The van der Waals surface area contributed by atoms with Crippen LogP contribution in [0.4, 0.5) is 24.0 Å². The molecule has 2 heterocycles. The molecule has 2 amide bonds. The smallest absolute Gasteiger partial charge is 0.326 e. The largest absolute Gasteiger partial charge is 0.416 e. The lowest BCUT2D eigenvalue weighted by Crippen LogP contribution is -2.15. The Bertz CT molecular complexity index is 935. The third-order valence-corrected chi connectivity index (χ3v) is 5.03. The fourth-order valence-electron chi connectivity index (χ4n) is 2.12. The Morgan fingerprint density at radius 1 is 1.04 bits per heavy atom. The van der Waals surface area contributed by atoms with Crippen LogP contribution in [-0.4, -0.2) is 16.8 Å². The van der Waals surface area contributed by atoms with Gasteiger partial charge >= 0.3 is 6.18 Å². The van der Waals surface area contributed by atoms with Crippen molar-refractivity contribution >= 4 is 45.3 Å². The van der Waals surface area contributed by atoms with Crippen LogP contribution in [0.15, 0.2) is 47.2 Å². The zero-order valence-electron chi connectivity index (χ0n) is 13.5. The maximum atomic E-state index is 12.5. The summed E-state index contributed by atoms with van der Waals surface area (Å²) in [4.78, 5) is 28.7. The Balaban J connectivity index is 1.55. The summed E-state index contributed by atoms with van der Waals surface area (Å²) < 4.78 is 37.6. The van der Waals surface area contributed by atoms with Gasteiger partial charge in [-0.3, -0.25) is 14.9 Å². The van der Waals surface area contributed by atoms with Gasteiger partial charge in [-0.15, -0.1) is 22.7 Å². The zero-order chi connectivity index (χ0) is 19.4. The molecule has 0 bridgehead atoms. The van der Waals surface area contributed by atoms with Gasteiger partial charge in [0, 0.05) is 11.1 Å². The molecule has 3 aromatic rings. The van der Waals surface area contributed by atoms with Crippen LogP contribution >= 0.6 is 22.7 Å². The molecule has 0 atom stereocenters. The number of rotatable bonds is 5. The van der Waals surface area contributed by atoms with Crippen LogP contribution in [0, 0.1) is 0 Å². The van der Waals surface area contributed by atoms with Crippen molar-refractivity contribution in [2.24, 2.45) is 0 Å². The van der Waals surface area contributed by atoms with E-state index in [9.17, 15) is 22.8 Å². The first kappa shape index (κ1) is 19.1. The normalized spacial score (nSPS) is 11.2. The minimum absolute atomic E-state index is 0.0631. The summed E-state index contributed by atoms with van der Waals surface area (Å²) in [6.07, 6.45) is -4.49. The number of nitrogens with one attached hydrogen (secondary N) is 2. The average molecular weight is 411 g/mol. The number of thiazole rings is 1. The third-order valence-electron chi connectivity index (χ3n) is 3.35. The van der Waals surface area contributed by atoms with E-state index < -0.39 is 17.6 Å². The molecular weight excluding hydrogens is 399 g/mol. The Labute approximate surface area is 159 Å². The lowest BCUT2D eigenvalue weighted by atomic mass is 10.2. The van der Waals surface area contributed by atoms with E-state index >= 15 is 0 Å². The minimum atomic E-state index is -4.42. The van der Waals surface area contributed by atoms with Gasteiger partial charge in [-0.25, -0.2) is 4.98 Å². The second-order valence-electron chi connectivity index (χ2n) is 5.38. The van der Waals surface area contributed by atoms with Crippen LogP contribution < -0.4 is 10.6 Å². The highest BCUT2D eigenvalue weighted by molar-refractivity contribution is 7.14. The molecule has 27 heavy (non-hydrogen) atoms. The van der Waals surface area contributed by atoms with Crippen molar-refractivity contribution in [3.05, 3.63) is 63.3 Å². The number of halogens is 3. The first-order valence-electron chi connectivity index (χ1n) is 7.57. The first-order valence-corrected chi connectivity index (χ1v) is 9.33. The molecule has 0 saturated carbocycles. The van der Waals surface area contributed by atoms with Crippen molar-refractivity contribution in [1.82, 2.24) is 4.98 Å². The molecule has 0 radical (unpaired) electrons. The van der Waals surface area contributed by atoms with Gasteiger partial charge < -0.3 is 5.32 Å². The van der Waals surface area contributed by atoms with E-state index in [4.69, 9.17) is 0 Å². The summed E-state index contributed by atoms with van der Waals surface area (Å²) in [6, 6.07) is 7.63. The van der Waals surface area contributed by atoms with E-state index in [-0.39, 0.29) is 18.0 Å². The Hall–Kier alpha value is -2.72. The van der Waals surface area contributed by atoms with Crippen molar-refractivity contribution in [3.63, 3.8) is 0 Å². The van der Waals surface area contributed by atoms with E-state index in [1.54, 1.807) is 22.9 Å². The zero-order valence-corrected chi connectivity index (χ0v) is 15.2. The summed E-state index contributed by atoms with van der Waals surface area (Å²) in [5.74, 6) is -0.698. The number of aromatic nitrogens is 1. The fourth-order valence-corrected chi connectivity index (χ4v) is 3.45. The number of alkyl halides is 3. The van der Waals surface area contributed by atoms with Crippen LogP contribution in [0.2, 0.25) is 0 Å². The number of thiophene rings is 1. The van der Waals surface area contributed by atoms with Crippen molar-refractivity contribution in [2.75, 3.05) is 10.6 Å². The van der Waals surface area contributed by atoms with Crippen LogP contribution in [0.1, 0.15) is 20.9 Å².